The SMILES string of the molecule is COc1cc2c(cc1OC)C(Br)=CC(C)(C)O2.COc1ccc(OCC#CBr)cc1OC. The van der Waals surface area contributed by atoms with Crippen LogP contribution in [0.1, 0.15) is 19.4 Å². The van der Waals surface area contributed by atoms with Crippen molar-refractivity contribution in [2.75, 3.05) is 35.0 Å². The highest BCUT2D eigenvalue weighted by atomic mass is 79.9. The van der Waals surface area contributed by atoms with E-state index >= 15 is 0 Å². The Morgan fingerprint density at radius 1 is 0.875 bits per heavy atom. The number of fused-ring (bicyclic) bond motifs is 1. The van der Waals surface area contributed by atoms with Crippen LogP contribution in [0.25, 0.3) is 4.48 Å². The van der Waals surface area contributed by atoms with E-state index in [0.29, 0.717) is 35.4 Å². The van der Waals surface area contributed by atoms with Gasteiger partial charge in [-0.25, -0.2) is 0 Å². The average Bonchev–Trinajstić information content (AvgIpc) is 2.78. The average molecular weight is 570 g/mol. The molecule has 0 saturated carbocycles. The summed E-state index contributed by atoms with van der Waals surface area (Å²) in [5.74, 6) is 6.91. The van der Waals surface area contributed by atoms with E-state index in [1.54, 1.807) is 46.6 Å². The van der Waals surface area contributed by atoms with E-state index < -0.39 is 0 Å². The molecule has 0 unspecified atom stereocenters. The van der Waals surface area contributed by atoms with Crippen molar-refractivity contribution < 1.29 is 28.4 Å². The van der Waals surface area contributed by atoms with E-state index in [1.165, 1.54) is 0 Å². The first-order valence-corrected chi connectivity index (χ1v) is 11.1. The monoisotopic (exact) mass is 568 g/mol. The lowest BCUT2D eigenvalue weighted by atomic mass is 10.0. The summed E-state index contributed by atoms with van der Waals surface area (Å²) >= 11 is 6.55. The smallest absolute Gasteiger partial charge is 0.164 e. The number of ether oxygens (including phenoxy) is 6. The fraction of sp³-hybridized carbons (Fsp3) is 0.333. The zero-order valence-electron chi connectivity index (χ0n) is 18.9. The summed E-state index contributed by atoms with van der Waals surface area (Å²) in [7, 11) is 6.41. The maximum Gasteiger partial charge on any atom is 0.164 e. The van der Waals surface area contributed by atoms with Gasteiger partial charge in [-0.15, -0.1) is 0 Å². The lowest BCUT2D eigenvalue weighted by Gasteiger charge is -2.30. The van der Waals surface area contributed by atoms with Crippen LogP contribution in [-0.2, 0) is 0 Å². The van der Waals surface area contributed by atoms with Gasteiger partial charge in [0.05, 0.1) is 28.4 Å². The summed E-state index contributed by atoms with van der Waals surface area (Å²) in [5, 5.41) is 0. The molecule has 0 bridgehead atoms. The van der Waals surface area contributed by atoms with Gasteiger partial charge < -0.3 is 28.4 Å². The fourth-order valence-electron chi connectivity index (χ4n) is 2.88. The van der Waals surface area contributed by atoms with Gasteiger partial charge in [-0.3, -0.25) is 0 Å². The van der Waals surface area contributed by atoms with Gasteiger partial charge in [-0.2, -0.15) is 0 Å². The first kappa shape index (κ1) is 25.8. The second-order valence-electron chi connectivity index (χ2n) is 6.98. The van der Waals surface area contributed by atoms with E-state index in [0.717, 1.165) is 15.8 Å². The molecule has 1 aliphatic rings. The molecule has 0 aliphatic carbocycles. The lowest BCUT2D eigenvalue weighted by molar-refractivity contribution is 0.158. The first-order valence-electron chi connectivity index (χ1n) is 9.55. The summed E-state index contributed by atoms with van der Waals surface area (Å²) in [5.41, 5.74) is 0.646. The second kappa shape index (κ2) is 11.9. The van der Waals surface area contributed by atoms with Crippen LogP contribution >= 0.6 is 31.9 Å². The van der Waals surface area contributed by atoms with Crippen LogP contribution in [0.15, 0.2) is 36.4 Å². The largest absolute Gasteiger partial charge is 0.493 e. The Morgan fingerprint density at radius 2 is 1.47 bits per heavy atom. The molecule has 1 heterocycles. The molecule has 0 fully saturated rings. The van der Waals surface area contributed by atoms with Crippen molar-refractivity contribution in [3.8, 4) is 45.2 Å². The third kappa shape index (κ3) is 6.75. The lowest BCUT2D eigenvalue weighted by Crippen LogP contribution is -2.28. The van der Waals surface area contributed by atoms with Crippen molar-refractivity contribution in [2.45, 2.75) is 19.4 Å². The van der Waals surface area contributed by atoms with Gasteiger partial charge in [-0.1, -0.05) is 15.9 Å². The summed E-state index contributed by atoms with van der Waals surface area (Å²) in [6.45, 7) is 4.35. The Hall–Kier alpha value is -2.50. The number of methoxy groups -OCH3 is 4. The van der Waals surface area contributed by atoms with Crippen LogP contribution in [-0.4, -0.2) is 40.6 Å². The molecular formula is C24H26Br2O6. The van der Waals surface area contributed by atoms with Crippen LogP contribution in [0, 0.1) is 10.8 Å². The van der Waals surface area contributed by atoms with Crippen LogP contribution in [0.2, 0.25) is 0 Å². The molecule has 0 aromatic heterocycles. The highest BCUT2D eigenvalue weighted by Crippen LogP contribution is 2.44. The molecule has 6 nitrogen and oxygen atoms in total. The minimum absolute atomic E-state index is 0.328. The molecule has 8 heteroatoms. The molecule has 3 rings (SSSR count). The summed E-state index contributed by atoms with van der Waals surface area (Å²) in [6, 6.07) is 9.11. The van der Waals surface area contributed by atoms with Crippen LogP contribution in [0.5, 0.6) is 34.5 Å². The van der Waals surface area contributed by atoms with Crippen molar-refractivity contribution in [1.29, 1.82) is 0 Å². The predicted molar refractivity (Wildman–Crippen MR) is 133 cm³/mol. The minimum Gasteiger partial charge on any atom is -0.493 e. The molecule has 2 aromatic carbocycles. The van der Waals surface area contributed by atoms with Gasteiger partial charge in [-0.05, 0) is 48.9 Å². The molecule has 0 atom stereocenters. The predicted octanol–water partition coefficient (Wildman–Crippen LogP) is 6.05. The van der Waals surface area contributed by atoms with Crippen molar-refractivity contribution in [1.82, 2.24) is 0 Å². The highest BCUT2D eigenvalue weighted by Gasteiger charge is 2.27. The van der Waals surface area contributed by atoms with Crippen LogP contribution in [0.3, 0.4) is 0 Å². The van der Waals surface area contributed by atoms with Crippen molar-refractivity contribution in [3.05, 3.63) is 42.0 Å². The van der Waals surface area contributed by atoms with Crippen molar-refractivity contribution >= 4 is 36.3 Å². The van der Waals surface area contributed by atoms with Crippen LogP contribution < -0.4 is 28.4 Å². The van der Waals surface area contributed by atoms with Gasteiger partial charge in [0.15, 0.2) is 23.0 Å². The topological polar surface area (TPSA) is 55.4 Å². The molecule has 172 valence electrons. The van der Waals surface area contributed by atoms with E-state index in [9.17, 15) is 0 Å². The number of halogens is 2. The fourth-order valence-corrected chi connectivity index (χ4v) is 3.86. The molecule has 0 spiro atoms. The zero-order chi connectivity index (χ0) is 23.7. The Labute approximate surface area is 206 Å². The normalized spacial score (nSPS) is 12.9. The molecule has 0 amide bonds. The standard InChI is InChI=1S/C13H15BrO3.C11H11BrO3/c1-13(2)7-9(14)8-5-11(15-3)12(16-4)6-10(8)17-13;1-13-10-5-4-9(8-11(10)14-2)15-7-3-6-12/h5-7H,1-4H3;4-5,8H,7H2,1-2H3. The van der Waals surface area contributed by atoms with Gasteiger partial charge >= 0.3 is 0 Å². The molecule has 32 heavy (non-hydrogen) atoms. The van der Waals surface area contributed by atoms with Gasteiger partial charge in [0, 0.05) is 38.1 Å². The number of hydrogen-bond acceptors (Lipinski definition) is 6. The maximum absolute atomic E-state index is 5.89. The highest BCUT2D eigenvalue weighted by molar-refractivity contribution is 9.15. The molecule has 1 aliphatic heterocycles. The number of rotatable bonds is 6. The quantitative estimate of drug-likeness (QED) is 0.395. The van der Waals surface area contributed by atoms with Gasteiger partial charge in [0.25, 0.3) is 0 Å². The molecule has 0 saturated heterocycles. The van der Waals surface area contributed by atoms with Crippen LogP contribution in [0.4, 0.5) is 0 Å². The molecule has 2 aromatic rings. The van der Waals surface area contributed by atoms with E-state index in [4.69, 9.17) is 28.4 Å². The summed E-state index contributed by atoms with van der Waals surface area (Å²) in [4.78, 5) is 2.57. The van der Waals surface area contributed by atoms with Gasteiger partial charge in [0.1, 0.15) is 23.7 Å². The Morgan fingerprint density at radius 3 is 2.06 bits per heavy atom. The number of benzene rings is 2. The first-order chi connectivity index (χ1) is 15.3. The maximum atomic E-state index is 5.89. The Balaban J connectivity index is 0.000000229. The molecule has 0 radical (unpaired) electrons. The third-order valence-electron chi connectivity index (χ3n) is 4.32. The van der Waals surface area contributed by atoms with E-state index in [-0.39, 0.29) is 5.60 Å². The molecule has 0 N–H and O–H groups in total. The summed E-state index contributed by atoms with van der Waals surface area (Å²) < 4.78 is 33.0. The third-order valence-corrected chi connectivity index (χ3v) is 5.26. The Bertz CT molecular complexity index is 1020. The second-order valence-corrected chi connectivity index (χ2v) is 8.23. The minimum atomic E-state index is -0.328. The number of hydrogen-bond donors (Lipinski definition) is 0. The molecular weight excluding hydrogens is 544 g/mol. The van der Waals surface area contributed by atoms with E-state index in [2.05, 4.69) is 42.6 Å². The zero-order valence-corrected chi connectivity index (χ0v) is 22.0. The van der Waals surface area contributed by atoms with Crippen molar-refractivity contribution in [3.63, 3.8) is 0 Å². The van der Waals surface area contributed by atoms with Gasteiger partial charge in [0.2, 0.25) is 0 Å². The van der Waals surface area contributed by atoms with E-state index in [1.807, 2.05) is 32.1 Å². The van der Waals surface area contributed by atoms with Crippen molar-refractivity contribution in [2.24, 2.45) is 0 Å². The summed E-state index contributed by atoms with van der Waals surface area (Å²) in [6.07, 6.45) is 2.03. The Kier molecular flexibility index (Phi) is 9.60.